The minimum atomic E-state index is -1.10. The van der Waals surface area contributed by atoms with Crippen molar-refractivity contribution in [1.82, 2.24) is 4.98 Å². The van der Waals surface area contributed by atoms with E-state index < -0.39 is 17.5 Å². The first-order chi connectivity index (χ1) is 13.0. The Kier molecular flexibility index (Phi) is 3.79. The minimum absolute atomic E-state index is 0.158. The largest absolute Gasteiger partial charge is 0.497 e. The van der Waals surface area contributed by atoms with Gasteiger partial charge in [0.2, 0.25) is 5.88 Å². The van der Waals surface area contributed by atoms with E-state index in [2.05, 4.69) is 4.98 Å². The zero-order chi connectivity index (χ0) is 19.1. The average molecular weight is 359 g/mol. The number of nitriles is 2. The fraction of sp³-hybridized carbons (Fsp3) is 0.200. The van der Waals surface area contributed by atoms with Crippen LogP contribution in [0.3, 0.4) is 0 Å². The fourth-order valence-corrected chi connectivity index (χ4v) is 3.33. The Morgan fingerprint density at radius 2 is 2.00 bits per heavy atom. The van der Waals surface area contributed by atoms with Gasteiger partial charge in [-0.3, -0.25) is 0 Å². The molecule has 4 rings (SSSR count). The van der Waals surface area contributed by atoms with Gasteiger partial charge >= 0.3 is 5.63 Å². The molecule has 3 heterocycles. The maximum Gasteiger partial charge on any atom is 0.343 e. The van der Waals surface area contributed by atoms with Crippen LogP contribution in [-0.4, -0.2) is 12.1 Å². The number of hydrogen-bond donors (Lipinski definition) is 0. The van der Waals surface area contributed by atoms with E-state index in [9.17, 15) is 15.3 Å². The highest BCUT2D eigenvalue weighted by molar-refractivity contribution is 5.82. The summed E-state index contributed by atoms with van der Waals surface area (Å²) in [5.41, 5.74) is 0.696. The monoisotopic (exact) mass is 359 g/mol. The van der Waals surface area contributed by atoms with Crippen LogP contribution in [0.2, 0.25) is 0 Å². The highest BCUT2D eigenvalue weighted by atomic mass is 16.5. The van der Waals surface area contributed by atoms with E-state index in [1.807, 2.05) is 12.1 Å². The zero-order valence-electron chi connectivity index (χ0n) is 14.5. The van der Waals surface area contributed by atoms with Gasteiger partial charge in [0.1, 0.15) is 23.2 Å². The van der Waals surface area contributed by atoms with Crippen molar-refractivity contribution in [3.05, 3.63) is 57.6 Å². The number of hydrogen-bond acceptors (Lipinski definition) is 7. The SMILES string of the molecule is COc1ccc2nc3c(cc2c1)C(C(C#N)C#N)c1c(cc(C)oc1=O)O3. The Hall–Kier alpha value is -3.84. The summed E-state index contributed by atoms with van der Waals surface area (Å²) in [6.07, 6.45) is 0. The summed E-state index contributed by atoms with van der Waals surface area (Å²) < 4.78 is 16.3. The van der Waals surface area contributed by atoms with Crippen molar-refractivity contribution in [2.24, 2.45) is 5.92 Å². The maximum absolute atomic E-state index is 12.5. The molecule has 0 spiro atoms. The van der Waals surface area contributed by atoms with Crippen molar-refractivity contribution in [2.45, 2.75) is 12.8 Å². The summed E-state index contributed by atoms with van der Waals surface area (Å²) in [5, 5.41) is 19.7. The van der Waals surface area contributed by atoms with Crippen LogP contribution >= 0.6 is 0 Å². The lowest BCUT2D eigenvalue weighted by Gasteiger charge is -2.27. The van der Waals surface area contributed by atoms with Gasteiger partial charge in [-0.15, -0.1) is 0 Å². The van der Waals surface area contributed by atoms with Gasteiger partial charge in [0.05, 0.1) is 36.2 Å². The number of rotatable bonds is 2. The van der Waals surface area contributed by atoms with Gasteiger partial charge in [-0.2, -0.15) is 10.5 Å². The van der Waals surface area contributed by atoms with Crippen molar-refractivity contribution in [3.63, 3.8) is 0 Å². The third kappa shape index (κ3) is 2.57. The lowest BCUT2D eigenvalue weighted by molar-refractivity contribution is 0.388. The molecule has 1 unspecified atom stereocenters. The molecule has 0 bridgehead atoms. The van der Waals surface area contributed by atoms with Gasteiger partial charge in [0.15, 0.2) is 0 Å². The molecule has 1 aromatic carbocycles. The Morgan fingerprint density at radius 1 is 1.22 bits per heavy atom. The van der Waals surface area contributed by atoms with E-state index in [1.165, 1.54) is 0 Å². The fourth-order valence-electron chi connectivity index (χ4n) is 3.33. The van der Waals surface area contributed by atoms with Crippen LogP contribution < -0.4 is 15.1 Å². The third-order valence-corrected chi connectivity index (χ3v) is 4.55. The number of fused-ring (bicyclic) bond motifs is 3. The van der Waals surface area contributed by atoms with Gasteiger partial charge in [0.25, 0.3) is 0 Å². The molecular weight excluding hydrogens is 346 g/mol. The van der Waals surface area contributed by atoms with Crippen LogP contribution in [0.4, 0.5) is 0 Å². The number of methoxy groups -OCH3 is 1. The molecule has 0 saturated carbocycles. The topological polar surface area (TPSA) is 109 Å². The molecule has 0 aliphatic carbocycles. The highest BCUT2D eigenvalue weighted by Crippen LogP contribution is 2.46. The van der Waals surface area contributed by atoms with E-state index in [-0.39, 0.29) is 17.2 Å². The lowest BCUT2D eigenvalue weighted by Crippen LogP contribution is -2.24. The first-order valence-electron chi connectivity index (χ1n) is 8.16. The second-order valence-corrected chi connectivity index (χ2v) is 6.18. The number of benzene rings is 1. The predicted octanol–water partition coefficient (Wildman–Crippen LogP) is 3.41. The molecule has 0 amide bonds. The second kappa shape index (κ2) is 6.15. The number of aryl methyl sites for hydroxylation is 1. The number of pyridine rings is 1. The molecule has 1 aliphatic heterocycles. The molecule has 7 nitrogen and oxygen atoms in total. The van der Waals surface area contributed by atoms with Gasteiger partial charge in [-0.1, -0.05) is 0 Å². The van der Waals surface area contributed by atoms with Crippen molar-refractivity contribution < 1.29 is 13.9 Å². The zero-order valence-corrected chi connectivity index (χ0v) is 14.5. The summed E-state index contributed by atoms with van der Waals surface area (Å²) in [4.78, 5) is 17.0. The van der Waals surface area contributed by atoms with Crippen LogP contribution in [0.25, 0.3) is 10.9 Å². The first-order valence-corrected chi connectivity index (χ1v) is 8.16. The summed E-state index contributed by atoms with van der Waals surface area (Å²) in [5.74, 6) is -0.370. The molecule has 0 fully saturated rings. The molecule has 0 radical (unpaired) electrons. The van der Waals surface area contributed by atoms with Gasteiger partial charge in [0, 0.05) is 17.0 Å². The van der Waals surface area contributed by atoms with E-state index >= 15 is 0 Å². The number of aromatic nitrogens is 1. The third-order valence-electron chi connectivity index (χ3n) is 4.55. The molecule has 2 aromatic heterocycles. The van der Waals surface area contributed by atoms with Crippen molar-refractivity contribution in [1.29, 1.82) is 10.5 Å². The van der Waals surface area contributed by atoms with E-state index in [0.717, 1.165) is 5.39 Å². The standard InChI is InChI=1S/C20H13N3O4/c1-10-5-16-18(20(24)26-10)17(12(8-21)9-22)14-7-11-6-13(25-2)3-4-15(11)23-19(14)27-16/h3-7,12,17H,1-2H3. The van der Waals surface area contributed by atoms with Crippen LogP contribution in [0, 0.1) is 35.5 Å². The molecule has 132 valence electrons. The van der Waals surface area contributed by atoms with Crippen LogP contribution in [0.5, 0.6) is 17.4 Å². The predicted molar refractivity (Wildman–Crippen MR) is 94.6 cm³/mol. The summed E-state index contributed by atoms with van der Waals surface area (Å²) in [7, 11) is 1.56. The summed E-state index contributed by atoms with van der Waals surface area (Å²) in [6.45, 7) is 1.63. The van der Waals surface area contributed by atoms with Gasteiger partial charge in [-0.25, -0.2) is 9.78 Å². The molecular formula is C20H13N3O4. The van der Waals surface area contributed by atoms with Crippen molar-refractivity contribution in [2.75, 3.05) is 7.11 Å². The molecule has 7 heteroatoms. The molecule has 0 saturated heterocycles. The Bertz CT molecular complexity index is 1200. The Morgan fingerprint density at radius 3 is 2.70 bits per heavy atom. The number of ether oxygens (including phenoxy) is 2. The first kappa shape index (κ1) is 16.6. The van der Waals surface area contributed by atoms with Crippen molar-refractivity contribution in [3.8, 4) is 29.5 Å². The minimum Gasteiger partial charge on any atom is -0.497 e. The van der Waals surface area contributed by atoms with E-state index in [0.29, 0.717) is 22.6 Å². The molecule has 3 aromatic rings. The highest BCUT2D eigenvalue weighted by Gasteiger charge is 2.38. The van der Waals surface area contributed by atoms with E-state index in [1.54, 1.807) is 44.4 Å². The normalized spacial score (nSPS) is 14.6. The Labute approximate surface area is 154 Å². The molecule has 1 aliphatic rings. The summed E-state index contributed by atoms with van der Waals surface area (Å²) >= 11 is 0. The molecule has 0 N–H and O–H groups in total. The summed E-state index contributed by atoms with van der Waals surface area (Å²) in [6, 6.07) is 12.6. The quantitative estimate of drug-likeness (QED) is 0.689. The maximum atomic E-state index is 12.5. The molecule has 1 atom stereocenters. The van der Waals surface area contributed by atoms with Gasteiger partial charge in [-0.05, 0) is 31.2 Å². The lowest BCUT2D eigenvalue weighted by atomic mass is 9.81. The molecule has 27 heavy (non-hydrogen) atoms. The average Bonchev–Trinajstić information content (AvgIpc) is 2.66. The van der Waals surface area contributed by atoms with Crippen LogP contribution in [0.15, 0.2) is 39.5 Å². The number of nitrogens with zero attached hydrogens (tertiary/aromatic N) is 3. The smallest absolute Gasteiger partial charge is 0.343 e. The van der Waals surface area contributed by atoms with Crippen molar-refractivity contribution >= 4 is 10.9 Å². The second-order valence-electron chi connectivity index (χ2n) is 6.18. The van der Waals surface area contributed by atoms with Crippen LogP contribution in [-0.2, 0) is 0 Å². The van der Waals surface area contributed by atoms with Crippen LogP contribution in [0.1, 0.15) is 22.8 Å². The Balaban J connectivity index is 2.03. The van der Waals surface area contributed by atoms with E-state index in [4.69, 9.17) is 13.9 Å². The van der Waals surface area contributed by atoms with Gasteiger partial charge < -0.3 is 13.9 Å².